The van der Waals surface area contributed by atoms with Crippen LogP contribution in [-0.4, -0.2) is 57.6 Å². The Morgan fingerprint density at radius 3 is 2.77 bits per heavy atom. The van der Waals surface area contributed by atoms with Gasteiger partial charge >= 0.3 is 0 Å². The maximum absolute atomic E-state index is 5.57. The molecule has 0 saturated carbocycles. The molecule has 2 aromatic rings. The van der Waals surface area contributed by atoms with Gasteiger partial charge in [0.15, 0.2) is 5.82 Å². The van der Waals surface area contributed by atoms with E-state index in [1.807, 2.05) is 19.3 Å². The first-order valence-corrected chi connectivity index (χ1v) is 9.40. The van der Waals surface area contributed by atoms with E-state index in [-0.39, 0.29) is 0 Å². The maximum atomic E-state index is 5.57. The molecule has 2 aliphatic rings. The van der Waals surface area contributed by atoms with Crippen LogP contribution in [0.1, 0.15) is 29.8 Å². The van der Waals surface area contributed by atoms with Gasteiger partial charge in [0.25, 0.3) is 0 Å². The van der Waals surface area contributed by atoms with E-state index >= 15 is 0 Å². The molecule has 0 aromatic carbocycles. The highest BCUT2D eigenvalue weighted by atomic mass is 16.5. The van der Waals surface area contributed by atoms with E-state index in [0.717, 1.165) is 63.0 Å². The van der Waals surface area contributed by atoms with Crippen molar-refractivity contribution in [1.82, 2.24) is 24.8 Å². The zero-order chi connectivity index (χ0) is 17.8. The number of imidazole rings is 1. The van der Waals surface area contributed by atoms with Crippen molar-refractivity contribution in [3.05, 3.63) is 47.5 Å². The lowest BCUT2D eigenvalue weighted by Gasteiger charge is -2.22. The predicted molar refractivity (Wildman–Crippen MR) is 100.0 cm³/mol. The minimum atomic E-state index is 0.480. The highest BCUT2D eigenvalue weighted by Gasteiger charge is 2.23. The van der Waals surface area contributed by atoms with E-state index < -0.39 is 0 Å². The monoisotopic (exact) mass is 354 g/mol. The maximum Gasteiger partial charge on any atom is 0.156 e. The third-order valence-corrected chi connectivity index (χ3v) is 4.94. The summed E-state index contributed by atoms with van der Waals surface area (Å²) in [6, 6.07) is 0. The number of ether oxygens (including phenoxy) is 1. The molecule has 7 nitrogen and oxygen atoms in total. The Bertz CT molecular complexity index is 750. The van der Waals surface area contributed by atoms with Crippen LogP contribution in [0.3, 0.4) is 0 Å². The van der Waals surface area contributed by atoms with Gasteiger partial charge in [-0.25, -0.2) is 15.0 Å². The molecule has 0 spiro atoms. The third kappa shape index (κ3) is 3.78. The first-order valence-electron chi connectivity index (χ1n) is 9.40. The van der Waals surface area contributed by atoms with Crippen molar-refractivity contribution in [2.75, 3.05) is 37.7 Å². The molecular formula is C19H26N6O. The number of anilines is 1. The summed E-state index contributed by atoms with van der Waals surface area (Å²) in [6.07, 6.45) is 10.0. The van der Waals surface area contributed by atoms with Crippen LogP contribution in [0.4, 0.5) is 5.82 Å². The standard InChI is InChI=1S/C19H26N6O/c1-2-26-14-18-22-16-6-12-24(13-17-20-7-8-21-17)11-5-15(16)19(23-18)25-9-3-4-10-25/h3-4,7-8H,2,5-6,9-14H2,1H3,(H,20,21). The second-order valence-electron chi connectivity index (χ2n) is 6.71. The minimum absolute atomic E-state index is 0.480. The molecule has 0 saturated heterocycles. The van der Waals surface area contributed by atoms with Crippen LogP contribution in [-0.2, 0) is 30.7 Å². The minimum Gasteiger partial charge on any atom is -0.374 e. The second kappa shape index (κ2) is 7.97. The first kappa shape index (κ1) is 17.2. The summed E-state index contributed by atoms with van der Waals surface area (Å²) in [5, 5.41) is 0. The largest absolute Gasteiger partial charge is 0.374 e. The number of hydrogen-bond acceptors (Lipinski definition) is 6. The van der Waals surface area contributed by atoms with Crippen molar-refractivity contribution in [2.45, 2.75) is 32.9 Å². The van der Waals surface area contributed by atoms with Gasteiger partial charge in [0.1, 0.15) is 18.2 Å². The van der Waals surface area contributed by atoms with E-state index in [4.69, 9.17) is 14.7 Å². The van der Waals surface area contributed by atoms with Gasteiger partial charge in [-0.1, -0.05) is 12.2 Å². The van der Waals surface area contributed by atoms with Crippen LogP contribution in [0.2, 0.25) is 0 Å². The quantitative estimate of drug-likeness (QED) is 0.797. The molecule has 1 N–H and O–H groups in total. The van der Waals surface area contributed by atoms with E-state index in [1.54, 1.807) is 0 Å². The summed E-state index contributed by atoms with van der Waals surface area (Å²) in [4.78, 5) is 22.0. The van der Waals surface area contributed by atoms with Crippen LogP contribution in [0.15, 0.2) is 24.5 Å². The molecule has 7 heteroatoms. The molecule has 0 radical (unpaired) electrons. The van der Waals surface area contributed by atoms with Crippen molar-refractivity contribution in [3.63, 3.8) is 0 Å². The molecule has 2 aromatic heterocycles. The molecule has 0 bridgehead atoms. The summed E-state index contributed by atoms with van der Waals surface area (Å²) in [7, 11) is 0. The normalized spacial score (nSPS) is 17.5. The number of aromatic amines is 1. The zero-order valence-electron chi connectivity index (χ0n) is 15.3. The van der Waals surface area contributed by atoms with Crippen LogP contribution in [0.25, 0.3) is 0 Å². The molecule has 138 valence electrons. The van der Waals surface area contributed by atoms with Gasteiger partial charge in [0.05, 0.1) is 12.2 Å². The van der Waals surface area contributed by atoms with Gasteiger partial charge in [-0.05, 0) is 13.3 Å². The second-order valence-corrected chi connectivity index (χ2v) is 6.71. The molecule has 4 heterocycles. The van der Waals surface area contributed by atoms with Gasteiger partial charge in [0, 0.05) is 57.2 Å². The van der Waals surface area contributed by atoms with E-state index in [2.05, 4.69) is 31.9 Å². The van der Waals surface area contributed by atoms with Crippen molar-refractivity contribution < 1.29 is 4.74 Å². The fraction of sp³-hybridized carbons (Fsp3) is 0.526. The topological polar surface area (TPSA) is 70.2 Å². The van der Waals surface area contributed by atoms with Crippen molar-refractivity contribution >= 4 is 5.82 Å². The third-order valence-electron chi connectivity index (χ3n) is 4.94. The SMILES string of the molecule is CCOCc1nc2c(c(N3CC=CC3)n1)CCN(Cc1ncc[nH]1)CC2. The highest BCUT2D eigenvalue weighted by Crippen LogP contribution is 2.26. The summed E-state index contributed by atoms with van der Waals surface area (Å²) in [5.74, 6) is 2.91. The number of aromatic nitrogens is 4. The number of rotatable bonds is 6. The van der Waals surface area contributed by atoms with Crippen LogP contribution >= 0.6 is 0 Å². The first-order chi connectivity index (χ1) is 12.8. The average molecular weight is 354 g/mol. The summed E-state index contributed by atoms with van der Waals surface area (Å²) in [5.41, 5.74) is 2.48. The number of hydrogen-bond donors (Lipinski definition) is 1. The summed E-state index contributed by atoms with van der Waals surface area (Å²) >= 11 is 0. The van der Waals surface area contributed by atoms with Gasteiger partial charge in [-0.2, -0.15) is 0 Å². The van der Waals surface area contributed by atoms with Gasteiger partial charge in [-0.15, -0.1) is 0 Å². The molecule has 2 aliphatic heterocycles. The molecule has 0 atom stereocenters. The Morgan fingerprint density at radius 2 is 2.00 bits per heavy atom. The van der Waals surface area contributed by atoms with E-state index in [9.17, 15) is 0 Å². The van der Waals surface area contributed by atoms with Gasteiger partial charge in [-0.3, -0.25) is 4.90 Å². The molecule has 0 unspecified atom stereocenters. The van der Waals surface area contributed by atoms with Gasteiger partial charge < -0.3 is 14.6 Å². The van der Waals surface area contributed by atoms with E-state index in [0.29, 0.717) is 13.2 Å². The molecule has 26 heavy (non-hydrogen) atoms. The van der Waals surface area contributed by atoms with Crippen molar-refractivity contribution in [2.24, 2.45) is 0 Å². The van der Waals surface area contributed by atoms with Gasteiger partial charge in [0.2, 0.25) is 0 Å². The lowest BCUT2D eigenvalue weighted by molar-refractivity contribution is 0.128. The van der Waals surface area contributed by atoms with Crippen LogP contribution < -0.4 is 4.90 Å². The highest BCUT2D eigenvalue weighted by molar-refractivity contribution is 5.52. The fourth-order valence-corrected chi connectivity index (χ4v) is 3.60. The molecule has 0 amide bonds. The Morgan fingerprint density at radius 1 is 1.15 bits per heavy atom. The lowest BCUT2D eigenvalue weighted by Crippen LogP contribution is -2.26. The molecule has 4 rings (SSSR count). The Labute approximate surface area is 154 Å². The Kier molecular flexibility index (Phi) is 5.26. The lowest BCUT2D eigenvalue weighted by atomic mass is 10.1. The molecule has 0 fully saturated rings. The van der Waals surface area contributed by atoms with E-state index in [1.165, 1.54) is 11.3 Å². The zero-order valence-corrected chi connectivity index (χ0v) is 15.3. The number of H-pyrrole nitrogens is 1. The smallest absolute Gasteiger partial charge is 0.156 e. The van der Waals surface area contributed by atoms with Crippen LogP contribution in [0.5, 0.6) is 0 Å². The Balaban J connectivity index is 1.57. The molecule has 0 aliphatic carbocycles. The Hall–Kier alpha value is -2.25. The number of fused-ring (bicyclic) bond motifs is 1. The average Bonchev–Trinajstić information content (AvgIpc) is 3.33. The summed E-state index contributed by atoms with van der Waals surface area (Å²) in [6.45, 7) is 7.84. The fourth-order valence-electron chi connectivity index (χ4n) is 3.60. The molecular weight excluding hydrogens is 328 g/mol. The predicted octanol–water partition coefficient (Wildman–Crippen LogP) is 1.71. The number of nitrogens with zero attached hydrogens (tertiary/aromatic N) is 5. The summed E-state index contributed by atoms with van der Waals surface area (Å²) < 4.78 is 5.57. The van der Waals surface area contributed by atoms with Crippen molar-refractivity contribution in [3.8, 4) is 0 Å². The van der Waals surface area contributed by atoms with Crippen molar-refractivity contribution in [1.29, 1.82) is 0 Å². The number of nitrogens with one attached hydrogen (secondary N) is 1. The van der Waals surface area contributed by atoms with Crippen LogP contribution in [0, 0.1) is 0 Å².